The fourth-order valence-corrected chi connectivity index (χ4v) is 2.62. The molecule has 0 aliphatic rings. The number of hydrogen-bond acceptors (Lipinski definition) is 2. The molecule has 1 aromatic carbocycles. The minimum Gasteiger partial charge on any atom is -0.305 e. The van der Waals surface area contributed by atoms with Gasteiger partial charge in [-0.3, -0.25) is 4.68 Å². The normalized spacial score (nSPS) is 12.6. The summed E-state index contributed by atoms with van der Waals surface area (Å²) in [7, 11) is 0. The van der Waals surface area contributed by atoms with Crippen LogP contribution in [0.15, 0.2) is 41.0 Å². The predicted molar refractivity (Wildman–Crippen MR) is 77.3 cm³/mol. The maximum atomic E-state index is 4.27. The van der Waals surface area contributed by atoms with Gasteiger partial charge in [0.05, 0.1) is 5.69 Å². The number of halogens is 1. The van der Waals surface area contributed by atoms with Crippen LogP contribution in [0.3, 0.4) is 0 Å². The lowest BCUT2D eigenvalue weighted by molar-refractivity contribution is 0.530. The summed E-state index contributed by atoms with van der Waals surface area (Å²) in [5.41, 5.74) is 2.50. The van der Waals surface area contributed by atoms with Crippen LogP contribution in [0.2, 0.25) is 0 Å². The van der Waals surface area contributed by atoms with Gasteiger partial charge in [-0.05, 0) is 31.5 Å². The van der Waals surface area contributed by atoms with Gasteiger partial charge in [0.2, 0.25) is 0 Å². The summed E-state index contributed by atoms with van der Waals surface area (Å²) in [5, 5.41) is 7.80. The lowest BCUT2D eigenvalue weighted by Crippen LogP contribution is -2.20. The highest BCUT2D eigenvalue weighted by Gasteiger charge is 2.09. The number of hydrogen-bond donors (Lipinski definition) is 1. The molecule has 1 unspecified atom stereocenters. The Morgan fingerprint density at radius 2 is 2.11 bits per heavy atom. The van der Waals surface area contributed by atoms with E-state index >= 15 is 0 Å². The van der Waals surface area contributed by atoms with Gasteiger partial charge in [0, 0.05) is 29.8 Å². The molecular weight excluding hydrogens is 290 g/mol. The fourth-order valence-electron chi connectivity index (χ4n) is 1.99. The van der Waals surface area contributed by atoms with Gasteiger partial charge < -0.3 is 5.32 Å². The maximum Gasteiger partial charge on any atom is 0.0522 e. The van der Waals surface area contributed by atoms with Crippen LogP contribution in [0.1, 0.15) is 31.1 Å². The molecule has 0 saturated carbocycles. The molecule has 0 fully saturated rings. The summed E-state index contributed by atoms with van der Waals surface area (Å²) < 4.78 is 3.16. The number of aromatic nitrogens is 2. The van der Waals surface area contributed by atoms with Crippen molar-refractivity contribution in [3.63, 3.8) is 0 Å². The van der Waals surface area contributed by atoms with Gasteiger partial charge in [0.25, 0.3) is 0 Å². The van der Waals surface area contributed by atoms with E-state index < -0.39 is 0 Å². The highest BCUT2D eigenvalue weighted by molar-refractivity contribution is 9.10. The van der Waals surface area contributed by atoms with Crippen LogP contribution in [-0.4, -0.2) is 9.78 Å². The molecule has 0 radical (unpaired) electrons. The highest BCUT2D eigenvalue weighted by Crippen LogP contribution is 2.22. The van der Waals surface area contributed by atoms with E-state index in [9.17, 15) is 0 Å². The van der Waals surface area contributed by atoms with E-state index in [2.05, 4.69) is 64.5 Å². The molecule has 2 rings (SSSR count). The van der Waals surface area contributed by atoms with Crippen molar-refractivity contribution in [3.8, 4) is 0 Å². The van der Waals surface area contributed by atoms with Crippen LogP contribution < -0.4 is 5.32 Å². The van der Waals surface area contributed by atoms with Crippen LogP contribution in [-0.2, 0) is 13.1 Å². The van der Waals surface area contributed by atoms with Crippen molar-refractivity contribution in [2.75, 3.05) is 0 Å². The molecule has 0 spiro atoms. The molecule has 1 heterocycles. The first-order chi connectivity index (χ1) is 8.72. The lowest BCUT2D eigenvalue weighted by atomic mass is 10.1. The van der Waals surface area contributed by atoms with Crippen LogP contribution in [0.5, 0.6) is 0 Å². The minimum atomic E-state index is 0.306. The Labute approximate surface area is 116 Å². The second kappa shape index (κ2) is 6.16. The molecule has 18 heavy (non-hydrogen) atoms. The fraction of sp³-hybridized carbons (Fsp3) is 0.357. The molecule has 4 heteroatoms. The van der Waals surface area contributed by atoms with Gasteiger partial charge in [-0.1, -0.05) is 34.1 Å². The van der Waals surface area contributed by atoms with Crippen molar-refractivity contribution in [1.82, 2.24) is 15.1 Å². The van der Waals surface area contributed by atoms with Gasteiger partial charge in [0.15, 0.2) is 0 Å². The highest BCUT2D eigenvalue weighted by atomic mass is 79.9. The van der Waals surface area contributed by atoms with Crippen molar-refractivity contribution in [2.45, 2.75) is 33.0 Å². The number of benzene rings is 1. The molecule has 96 valence electrons. The van der Waals surface area contributed by atoms with E-state index in [0.29, 0.717) is 6.04 Å². The molecule has 2 aromatic rings. The van der Waals surface area contributed by atoms with Crippen molar-refractivity contribution < 1.29 is 0 Å². The zero-order chi connectivity index (χ0) is 13.0. The number of rotatable bonds is 5. The third-order valence-electron chi connectivity index (χ3n) is 3.07. The van der Waals surface area contributed by atoms with Gasteiger partial charge in [-0.15, -0.1) is 0 Å². The summed E-state index contributed by atoms with van der Waals surface area (Å²) in [6.45, 7) is 6.02. The second-order valence-corrected chi connectivity index (χ2v) is 5.12. The zero-order valence-electron chi connectivity index (χ0n) is 10.7. The quantitative estimate of drug-likeness (QED) is 0.916. The third kappa shape index (κ3) is 3.00. The summed E-state index contributed by atoms with van der Waals surface area (Å²) >= 11 is 3.59. The number of aryl methyl sites for hydroxylation is 1. The molecule has 1 N–H and O–H groups in total. The van der Waals surface area contributed by atoms with Gasteiger partial charge in [-0.2, -0.15) is 5.10 Å². The Kier molecular flexibility index (Phi) is 4.55. The summed E-state index contributed by atoms with van der Waals surface area (Å²) in [4.78, 5) is 0. The van der Waals surface area contributed by atoms with E-state index in [1.165, 1.54) is 11.3 Å². The van der Waals surface area contributed by atoms with E-state index in [4.69, 9.17) is 0 Å². The van der Waals surface area contributed by atoms with Gasteiger partial charge >= 0.3 is 0 Å². The van der Waals surface area contributed by atoms with Crippen LogP contribution in [0.25, 0.3) is 0 Å². The van der Waals surface area contributed by atoms with Crippen LogP contribution >= 0.6 is 15.9 Å². The van der Waals surface area contributed by atoms with Gasteiger partial charge in [-0.25, -0.2) is 0 Å². The van der Waals surface area contributed by atoms with Crippen molar-refractivity contribution in [1.29, 1.82) is 0 Å². The zero-order valence-corrected chi connectivity index (χ0v) is 12.3. The minimum absolute atomic E-state index is 0.306. The first kappa shape index (κ1) is 13.3. The Morgan fingerprint density at radius 1 is 1.33 bits per heavy atom. The molecule has 0 aliphatic heterocycles. The van der Waals surface area contributed by atoms with Gasteiger partial charge in [0.1, 0.15) is 0 Å². The Balaban J connectivity index is 2.01. The summed E-state index contributed by atoms with van der Waals surface area (Å²) in [5.74, 6) is 0. The molecule has 0 aliphatic carbocycles. The van der Waals surface area contributed by atoms with Crippen LogP contribution in [0.4, 0.5) is 0 Å². The summed E-state index contributed by atoms with van der Waals surface area (Å²) in [6, 6.07) is 10.7. The topological polar surface area (TPSA) is 29.9 Å². The summed E-state index contributed by atoms with van der Waals surface area (Å²) in [6.07, 6.45) is 1.85. The maximum absolute atomic E-state index is 4.27. The first-order valence-electron chi connectivity index (χ1n) is 6.21. The van der Waals surface area contributed by atoms with E-state index in [1.54, 1.807) is 0 Å². The first-order valence-corrected chi connectivity index (χ1v) is 7.00. The largest absolute Gasteiger partial charge is 0.305 e. The van der Waals surface area contributed by atoms with Crippen molar-refractivity contribution >= 4 is 15.9 Å². The Bertz CT molecular complexity index is 507. The standard InChI is InChI=1S/C14H18BrN3/c1-3-18-12(8-9-17-18)10-16-11(2)13-6-4-5-7-14(13)15/h4-9,11,16H,3,10H2,1-2H3. The second-order valence-electron chi connectivity index (χ2n) is 4.26. The van der Waals surface area contributed by atoms with E-state index in [-0.39, 0.29) is 0 Å². The lowest BCUT2D eigenvalue weighted by Gasteiger charge is -2.16. The van der Waals surface area contributed by atoms with Crippen molar-refractivity contribution in [3.05, 3.63) is 52.3 Å². The molecule has 0 bridgehead atoms. The van der Waals surface area contributed by atoms with E-state index in [1.807, 2.05) is 16.9 Å². The smallest absolute Gasteiger partial charge is 0.0522 e. The molecule has 1 aromatic heterocycles. The Hall–Kier alpha value is -1.13. The van der Waals surface area contributed by atoms with E-state index in [0.717, 1.165) is 17.6 Å². The average molecular weight is 308 g/mol. The number of nitrogens with one attached hydrogen (secondary N) is 1. The third-order valence-corrected chi connectivity index (χ3v) is 3.79. The SMILES string of the molecule is CCn1nccc1CNC(C)c1ccccc1Br. The van der Waals surface area contributed by atoms with Crippen molar-refractivity contribution in [2.24, 2.45) is 0 Å². The van der Waals surface area contributed by atoms with Crippen LogP contribution in [0, 0.1) is 0 Å². The molecule has 1 atom stereocenters. The molecule has 0 saturated heterocycles. The molecule has 0 amide bonds. The monoisotopic (exact) mass is 307 g/mol. The predicted octanol–water partition coefficient (Wildman–Crippen LogP) is 3.52. The number of nitrogens with zero attached hydrogens (tertiary/aromatic N) is 2. The molecule has 3 nitrogen and oxygen atoms in total. The molecular formula is C14H18BrN3. The Morgan fingerprint density at radius 3 is 2.83 bits per heavy atom. The average Bonchev–Trinajstić information content (AvgIpc) is 2.84.